The normalized spacial score (nSPS) is 12.7. The molecule has 0 radical (unpaired) electrons. The smallest absolute Gasteiger partial charge is 0.0896 e. The third-order valence-electron chi connectivity index (χ3n) is 3.04. The predicted octanol–water partition coefficient (Wildman–Crippen LogP) is 1.94. The summed E-state index contributed by atoms with van der Waals surface area (Å²) in [4.78, 5) is 4.12. The second-order valence-corrected chi connectivity index (χ2v) is 4.59. The van der Waals surface area contributed by atoms with Crippen molar-refractivity contribution in [3.05, 3.63) is 65.2 Å². The van der Waals surface area contributed by atoms with Crippen molar-refractivity contribution in [2.75, 3.05) is 0 Å². The Morgan fingerprint density at radius 2 is 2.00 bits per heavy atom. The van der Waals surface area contributed by atoms with Gasteiger partial charge in [-0.1, -0.05) is 23.7 Å². The van der Waals surface area contributed by atoms with E-state index in [9.17, 15) is 0 Å². The molecular formula is C13H12ClN5. The number of rotatable bonds is 3. The van der Waals surface area contributed by atoms with Gasteiger partial charge in [-0.3, -0.25) is 10.8 Å². The van der Waals surface area contributed by atoms with Crippen LogP contribution >= 0.6 is 11.6 Å². The number of nitrogens with one attached hydrogen (secondary N) is 1. The number of halogens is 1. The first-order valence-electron chi connectivity index (χ1n) is 5.78. The van der Waals surface area contributed by atoms with E-state index in [0.717, 1.165) is 16.6 Å². The van der Waals surface area contributed by atoms with Crippen molar-refractivity contribution < 1.29 is 0 Å². The van der Waals surface area contributed by atoms with E-state index < -0.39 is 0 Å². The maximum atomic E-state index is 5.90. The van der Waals surface area contributed by atoms with Crippen LogP contribution in [0.1, 0.15) is 17.2 Å². The molecule has 3 rings (SSSR count). The zero-order valence-corrected chi connectivity index (χ0v) is 10.7. The SMILES string of the molecule is NNC(c1ccc(Cl)cc1)c1cnn2ccncc12. The number of nitrogens with two attached hydrogens (primary N) is 1. The molecule has 96 valence electrons. The molecule has 3 N–H and O–H groups in total. The molecule has 2 aromatic heterocycles. The Kier molecular flexibility index (Phi) is 3.16. The Bertz CT molecular complexity index is 692. The Hall–Kier alpha value is -1.95. The van der Waals surface area contributed by atoms with Crippen molar-refractivity contribution in [3.63, 3.8) is 0 Å². The van der Waals surface area contributed by atoms with E-state index in [1.54, 1.807) is 29.3 Å². The molecule has 0 spiro atoms. The summed E-state index contributed by atoms with van der Waals surface area (Å²) in [6.07, 6.45) is 7.05. The van der Waals surface area contributed by atoms with Gasteiger partial charge in [0.2, 0.25) is 0 Å². The number of benzene rings is 1. The minimum Gasteiger partial charge on any atom is -0.271 e. The molecular weight excluding hydrogens is 262 g/mol. The van der Waals surface area contributed by atoms with Crippen LogP contribution in [0.15, 0.2) is 49.1 Å². The van der Waals surface area contributed by atoms with Gasteiger partial charge in [-0.25, -0.2) is 9.94 Å². The van der Waals surface area contributed by atoms with E-state index in [1.165, 1.54) is 0 Å². The van der Waals surface area contributed by atoms with Crippen LogP contribution in [0.5, 0.6) is 0 Å². The van der Waals surface area contributed by atoms with Crippen LogP contribution in [-0.2, 0) is 0 Å². The van der Waals surface area contributed by atoms with Gasteiger partial charge in [0, 0.05) is 23.0 Å². The molecule has 0 saturated heterocycles. The van der Waals surface area contributed by atoms with Crippen LogP contribution in [0.25, 0.3) is 5.52 Å². The molecule has 1 unspecified atom stereocenters. The minimum absolute atomic E-state index is 0.154. The molecule has 1 atom stereocenters. The first-order valence-corrected chi connectivity index (χ1v) is 6.16. The van der Waals surface area contributed by atoms with Crippen molar-refractivity contribution in [2.24, 2.45) is 5.84 Å². The maximum Gasteiger partial charge on any atom is 0.0896 e. The summed E-state index contributed by atoms with van der Waals surface area (Å²) in [6, 6.07) is 7.40. The highest BCUT2D eigenvalue weighted by atomic mass is 35.5. The molecule has 0 saturated carbocycles. The van der Waals surface area contributed by atoms with Gasteiger partial charge in [-0.05, 0) is 17.7 Å². The summed E-state index contributed by atoms with van der Waals surface area (Å²) >= 11 is 5.90. The van der Waals surface area contributed by atoms with Crippen LogP contribution in [0.3, 0.4) is 0 Å². The number of hydrogen-bond acceptors (Lipinski definition) is 4. The van der Waals surface area contributed by atoms with Crippen molar-refractivity contribution in [2.45, 2.75) is 6.04 Å². The average Bonchev–Trinajstić information content (AvgIpc) is 2.86. The number of hydrogen-bond donors (Lipinski definition) is 2. The quantitative estimate of drug-likeness (QED) is 0.565. The van der Waals surface area contributed by atoms with Crippen molar-refractivity contribution >= 4 is 17.1 Å². The molecule has 0 amide bonds. The van der Waals surface area contributed by atoms with Gasteiger partial charge in [0.05, 0.1) is 24.0 Å². The summed E-state index contributed by atoms with van der Waals surface area (Å²) in [6.45, 7) is 0. The summed E-state index contributed by atoms with van der Waals surface area (Å²) < 4.78 is 1.77. The largest absolute Gasteiger partial charge is 0.271 e. The number of aromatic nitrogens is 3. The number of fused-ring (bicyclic) bond motifs is 1. The minimum atomic E-state index is -0.154. The zero-order chi connectivity index (χ0) is 13.2. The monoisotopic (exact) mass is 273 g/mol. The third-order valence-corrected chi connectivity index (χ3v) is 3.29. The zero-order valence-electron chi connectivity index (χ0n) is 9.99. The molecule has 6 heteroatoms. The highest BCUT2D eigenvalue weighted by Crippen LogP contribution is 2.25. The van der Waals surface area contributed by atoms with Crippen LogP contribution in [0.4, 0.5) is 0 Å². The van der Waals surface area contributed by atoms with Crippen molar-refractivity contribution in [1.82, 2.24) is 20.0 Å². The lowest BCUT2D eigenvalue weighted by Crippen LogP contribution is -2.28. The second kappa shape index (κ2) is 4.97. The van der Waals surface area contributed by atoms with E-state index in [2.05, 4.69) is 15.5 Å². The number of nitrogens with zero attached hydrogens (tertiary/aromatic N) is 3. The second-order valence-electron chi connectivity index (χ2n) is 4.16. The van der Waals surface area contributed by atoms with Crippen LogP contribution in [0, 0.1) is 0 Å². The standard InChI is InChI=1S/C13H12ClN5/c14-10-3-1-9(2-4-10)13(18-15)11-7-17-19-6-5-16-8-12(11)19/h1-8,13,18H,15H2. The molecule has 2 heterocycles. The van der Waals surface area contributed by atoms with Gasteiger partial charge in [0.15, 0.2) is 0 Å². The summed E-state index contributed by atoms with van der Waals surface area (Å²) in [7, 11) is 0. The van der Waals surface area contributed by atoms with E-state index in [1.807, 2.05) is 24.3 Å². The van der Waals surface area contributed by atoms with Gasteiger partial charge < -0.3 is 0 Å². The fraction of sp³-hybridized carbons (Fsp3) is 0.0769. The van der Waals surface area contributed by atoms with E-state index in [4.69, 9.17) is 17.4 Å². The molecule has 3 aromatic rings. The topological polar surface area (TPSA) is 68.2 Å². The molecule has 0 aliphatic carbocycles. The first-order chi connectivity index (χ1) is 9.29. The molecule has 19 heavy (non-hydrogen) atoms. The molecule has 0 bridgehead atoms. The third kappa shape index (κ3) is 2.19. The fourth-order valence-electron chi connectivity index (χ4n) is 2.10. The Morgan fingerprint density at radius 3 is 2.74 bits per heavy atom. The van der Waals surface area contributed by atoms with Gasteiger partial charge in [-0.15, -0.1) is 0 Å². The van der Waals surface area contributed by atoms with E-state index in [0.29, 0.717) is 5.02 Å². The summed E-state index contributed by atoms with van der Waals surface area (Å²) in [5, 5.41) is 4.98. The molecule has 0 fully saturated rings. The molecule has 1 aromatic carbocycles. The van der Waals surface area contributed by atoms with Gasteiger partial charge in [0.1, 0.15) is 0 Å². The number of hydrazine groups is 1. The van der Waals surface area contributed by atoms with Crippen LogP contribution in [0.2, 0.25) is 5.02 Å². The highest BCUT2D eigenvalue weighted by Gasteiger charge is 2.17. The van der Waals surface area contributed by atoms with E-state index >= 15 is 0 Å². The summed E-state index contributed by atoms with van der Waals surface area (Å²) in [5.41, 5.74) is 5.71. The van der Waals surface area contributed by atoms with Crippen LogP contribution in [-0.4, -0.2) is 14.6 Å². The average molecular weight is 274 g/mol. The molecule has 0 aliphatic heterocycles. The van der Waals surface area contributed by atoms with Crippen molar-refractivity contribution in [1.29, 1.82) is 0 Å². The highest BCUT2D eigenvalue weighted by molar-refractivity contribution is 6.30. The molecule has 0 aliphatic rings. The Morgan fingerprint density at radius 1 is 1.21 bits per heavy atom. The predicted molar refractivity (Wildman–Crippen MR) is 73.6 cm³/mol. The van der Waals surface area contributed by atoms with Gasteiger partial charge in [0.25, 0.3) is 0 Å². The Balaban J connectivity index is 2.09. The van der Waals surface area contributed by atoms with Crippen molar-refractivity contribution in [3.8, 4) is 0 Å². The lowest BCUT2D eigenvalue weighted by atomic mass is 10.0. The Labute approximate surface area is 115 Å². The lowest BCUT2D eigenvalue weighted by Gasteiger charge is -2.15. The van der Waals surface area contributed by atoms with Gasteiger partial charge >= 0.3 is 0 Å². The first kappa shape index (κ1) is 12.1. The van der Waals surface area contributed by atoms with Crippen LogP contribution < -0.4 is 11.3 Å². The van der Waals surface area contributed by atoms with Gasteiger partial charge in [-0.2, -0.15) is 5.10 Å². The molecule has 5 nitrogen and oxygen atoms in total. The lowest BCUT2D eigenvalue weighted by molar-refractivity contribution is 0.640. The van der Waals surface area contributed by atoms with E-state index in [-0.39, 0.29) is 6.04 Å². The maximum absolute atomic E-state index is 5.90. The fourth-order valence-corrected chi connectivity index (χ4v) is 2.22. The summed E-state index contributed by atoms with van der Waals surface area (Å²) in [5.74, 6) is 5.68.